The van der Waals surface area contributed by atoms with Crippen LogP contribution in [-0.4, -0.2) is 60.0 Å². The second-order valence-corrected chi connectivity index (χ2v) is 34.7. The van der Waals surface area contributed by atoms with Gasteiger partial charge in [-0.05, 0) is 235 Å². The van der Waals surface area contributed by atoms with Crippen LogP contribution in [0, 0.1) is 81.0 Å². The van der Waals surface area contributed by atoms with Crippen molar-refractivity contribution in [3.8, 4) is 45.0 Å². The molecule has 0 radical (unpaired) electrons. The van der Waals surface area contributed by atoms with Crippen molar-refractivity contribution in [2.45, 2.75) is 174 Å². The molecule has 0 spiro atoms. The summed E-state index contributed by atoms with van der Waals surface area (Å²) in [5, 5.41) is 18.3. The molecule has 9 aromatic carbocycles. The van der Waals surface area contributed by atoms with Crippen LogP contribution in [0.2, 0.25) is 0 Å². The zero-order valence-corrected chi connectivity index (χ0v) is 70.9. The monoisotopic (exact) mass is 1550 g/mol. The lowest BCUT2D eigenvalue weighted by atomic mass is 9.80. The Kier molecular flexibility index (Phi) is 19.0. The maximum atomic E-state index is 14.2. The van der Waals surface area contributed by atoms with Crippen molar-refractivity contribution < 1.29 is 35.5 Å². The minimum atomic E-state index is -2.68. The number of rotatable bonds is 4. The first-order chi connectivity index (χ1) is 57.1. The highest BCUT2D eigenvalue weighted by Gasteiger charge is 2.33. The first-order valence-electron chi connectivity index (χ1n) is 42.2. The molecule has 0 unspecified atom stereocenters. The Labute approximate surface area is 686 Å². The number of aryl methyl sites for hydroxylation is 14. The van der Waals surface area contributed by atoms with Gasteiger partial charge in [-0.1, -0.05) is 202 Å². The molecule has 0 aliphatic heterocycles. The molecule has 0 saturated heterocycles. The minimum absolute atomic E-state index is 0.0157. The first-order valence-corrected chi connectivity index (χ1v) is 39.2. The van der Waals surface area contributed by atoms with Gasteiger partial charge in [0.05, 0.1) is 59.0 Å². The van der Waals surface area contributed by atoms with Gasteiger partial charge in [-0.15, -0.1) is 0 Å². The fourth-order valence-electron chi connectivity index (χ4n) is 16.1. The molecule has 0 fully saturated rings. The Morgan fingerprint density at radius 3 is 0.914 bits per heavy atom. The summed E-state index contributed by atoms with van der Waals surface area (Å²) in [4.78, 5) is 45.2. The largest absolute Gasteiger partial charge is 0.296 e. The lowest BCUT2D eigenvalue weighted by molar-refractivity contribution is -0.719. The number of nitrogens with zero attached hydrogens (tertiary/aromatic N) is 16. The SMILES string of the molecule is Cc1c(-c2c3nc4ccccc4nc3nc[n+]2C)cc(C(C)(C)C)c2ccccc12.Cc1nc2nc[n+](C)c(-c3cc(C(C)(C)C)c4ccccc4c3C)c2nc1C.[2H]C([2H])([2H])c1n[n+](C)c(-c2cc(C(C)(C)C)c3ccccc3c2C)c2nc(C)c(C)nc12.[2H]C([2H])([2H])c1n[n+](C)c(-c2cc(C(C)(C)C)c3ccccc3c2C)c2nc(F)c(F)nc12. The summed E-state index contributed by atoms with van der Waals surface area (Å²) in [7, 11) is 7.42. The zero-order chi connectivity index (χ0) is 88.4. The Balaban J connectivity index is 0.000000133. The molecule has 16 nitrogen and oxygen atoms in total. The molecule has 0 bridgehead atoms. The third-order valence-electron chi connectivity index (χ3n) is 22.4. The minimum Gasteiger partial charge on any atom is -0.247 e. The van der Waals surface area contributed by atoms with E-state index in [0.717, 1.165) is 89.3 Å². The molecule has 586 valence electrons. The molecule has 116 heavy (non-hydrogen) atoms. The predicted molar refractivity (Wildman–Crippen MR) is 465 cm³/mol. The molecule has 0 aliphatic rings. The second kappa shape index (κ2) is 30.2. The van der Waals surface area contributed by atoms with Crippen molar-refractivity contribution in [1.29, 1.82) is 0 Å². The van der Waals surface area contributed by atoms with E-state index in [1.165, 1.54) is 75.9 Å². The van der Waals surface area contributed by atoms with Crippen LogP contribution >= 0.6 is 0 Å². The average Bonchev–Trinajstić information content (AvgIpc) is 0.733. The van der Waals surface area contributed by atoms with Crippen LogP contribution in [0.15, 0.2) is 158 Å². The van der Waals surface area contributed by atoms with E-state index in [-0.39, 0.29) is 38.4 Å². The van der Waals surface area contributed by atoms with E-state index >= 15 is 0 Å². The molecular weight excluding hydrogens is 1440 g/mol. The number of halogens is 2. The molecular formula is C98H104F2N16+4. The third kappa shape index (κ3) is 14.8. The van der Waals surface area contributed by atoms with Crippen molar-refractivity contribution in [2.24, 2.45) is 28.2 Å². The number of hydrogen-bond acceptors (Lipinski definition) is 12. The van der Waals surface area contributed by atoms with E-state index < -0.39 is 31.3 Å². The van der Waals surface area contributed by atoms with Crippen molar-refractivity contribution >= 4 is 98.5 Å². The van der Waals surface area contributed by atoms with E-state index in [2.05, 4.69) is 244 Å². The lowest BCUT2D eigenvalue weighted by Gasteiger charge is -2.24. The first kappa shape index (κ1) is 72.8. The van der Waals surface area contributed by atoms with Gasteiger partial charge in [-0.25, -0.2) is 49.0 Å². The predicted octanol–water partition coefficient (Wildman–Crippen LogP) is 20.4. The number of hydrogen-bond donors (Lipinski definition) is 0. The molecule has 8 aromatic heterocycles. The Hall–Kier alpha value is -12.2. The van der Waals surface area contributed by atoms with Gasteiger partial charge in [0.1, 0.15) is 22.4 Å². The van der Waals surface area contributed by atoms with Crippen LogP contribution in [0.4, 0.5) is 8.78 Å². The van der Waals surface area contributed by atoms with Crippen molar-refractivity contribution in [3.63, 3.8) is 0 Å². The third-order valence-corrected chi connectivity index (χ3v) is 22.4. The Bertz CT molecular complexity index is 6950. The summed E-state index contributed by atoms with van der Waals surface area (Å²) >= 11 is 0. The maximum absolute atomic E-state index is 14.2. The summed E-state index contributed by atoms with van der Waals surface area (Å²) in [6, 6.07) is 50.6. The number of benzene rings is 9. The molecule has 17 rings (SSSR count). The fraction of sp³-hybridized carbons (Fsp3) is 0.306. The highest BCUT2D eigenvalue weighted by molar-refractivity contribution is 6.03. The van der Waals surface area contributed by atoms with Crippen LogP contribution in [0.1, 0.15) is 170 Å². The summed E-state index contributed by atoms with van der Waals surface area (Å²) in [6.07, 6.45) is 3.68. The average molecular weight is 1550 g/mol. The van der Waals surface area contributed by atoms with Gasteiger partial charge in [0.25, 0.3) is 47.2 Å². The van der Waals surface area contributed by atoms with Gasteiger partial charge >= 0.3 is 0 Å². The molecule has 17 aromatic rings. The van der Waals surface area contributed by atoms with Gasteiger partial charge < -0.3 is 0 Å². The van der Waals surface area contributed by atoms with Crippen LogP contribution < -0.4 is 18.5 Å². The topological polar surface area (TPSA) is 170 Å². The van der Waals surface area contributed by atoms with E-state index in [0.29, 0.717) is 39.3 Å². The lowest BCUT2D eigenvalue weighted by Crippen LogP contribution is -2.37. The van der Waals surface area contributed by atoms with E-state index in [1.54, 1.807) is 18.8 Å². The van der Waals surface area contributed by atoms with Crippen molar-refractivity contribution in [2.75, 3.05) is 0 Å². The zero-order valence-electron chi connectivity index (χ0n) is 76.9. The second-order valence-electron chi connectivity index (χ2n) is 34.7. The number of para-hydroxylation sites is 2. The van der Waals surface area contributed by atoms with Gasteiger partial charge in [-0.2, -0.15) is 8.78 Å². The normalized spacial score (nSPS) is 13.1. The van der Waals surface area contributed by atoms with Gasteiger partial charge in [0.2, 0.25) is 0 Å². The number of fused-ring (bicyclic) bond motifs is 9. The van der Waals surface area contributed by atoms with Crippen molar-refractivity contribution in [3.05, 3.63) is 249 Å². The quantitative estimate of drug-likeness (QED) is 0.121. The fourth-order valence-corrected chi connectivity index (χ4v) is 16.1. The molecule has 0 saturated carbocycles. The van der Waals surface area contributed by atoms with Gasteiger partial charge in [0.15, 0.2) is 47.6 Å². The highest BCUT2D eigenvalue weighted by atomic mass is 19.2. The smallest absolute Gasteiger partial charge is 0.247 e. The van der Waals surface area contributed by atoms with E-state index in [4.69, 9.17) is 28.2 Å². The van der Waals surface area contributed by atoms with Crippen LogP contribution in [-0.2, 0) is 49.9 Å². The molecule has 0 aliphatic carbocycles. The molecule has 8 heterocycles. The van der Waals surface area contributed by atoms with Crippen LogP contribution in [0.3, 0.4) is 0 Å². The molecule has 0 atom stereocenters. The number of aromatic nitrogens is 16. The van der Waals surface area contributed by atoms with Crippen LogP contribution in [0.5, 0.6) is 0 Å². The summed E-state index contributed by atoms with van der Waals surface area (Å²) < 4.78 is 82.7. The molecule has 0 amide bonds. The van der Waals surface area contributed by atoms with E-state index in [9.17, 15) is 8.78 Å². The Morgan fingerprint density at radius 1 is 0.293 bits per heavy atom. The standard InChI is InChI=1S/C26H25N4.C25H29N4.C24H27N4.C23H23F2N4/c1-16-17-10-6-7-11-18(17)20(26(2,3)4)14-19(16)24-23-25(27-15-30(24)5)29-22-13-9-8-12-21(22)28-23;1-14-18-11-9-10-12-19(18)21(25(5,6)7)13-20(14)24-23-22(17(4)28-29(24)8)26-15(2)16(3)27-23;1-14-17-10-8-9-11-18(17)20(24(4,5)6)12-19(14)22-21-23(25-13-28(22)7)27-16(3)15(2)26-21;1-12-14-9-7-8-10-15(14)17(23(3,4)5)11-16(12)20-19-18(13(2)28-29(20)6)26-21(24)22(25)27-19/h6-15H,1-5H3;9-13H,1-8H3;8-13H,1-7H3;7-11H,1-6H3/q4*+1/i;4D3;;2D3. The highest BCUT2D eigenvalue weighted by Crippen LogP contribution is 2.44. The molecule has 0 N–H and O–H groups in total. The molecule has 18 heteroatoms. The maximum Gasteiger partial charge on any atom is 0.296 e. The summed E-state index contributed by atoms with van der Waals surface area (Å²) in [5.74, 6) is -2.86. The Morgan fingerprint density at radius 2 is 0.560 bits per heavy atom. The van der Waals surface area contributed by atoms with Crippen molar-refractivity contribution in [1.82, 2.24) is 60.0 Å². The van der Waals surface area contributed by atoms with Gasteiger partial charge in [-0.3, -0.25) is 0 Å². The van der Waals surface area contributed by atoms with Gasteiger partial charge in [0, 0.05) is 19.4 Å². The van der Waals surface area contributed by atoms with E-state index in [1.807, 2.05) is 116 Å². The summed E-state index contributed by atoms with van der Waals surface area (Å²) in [6.45, 7) is 37.6. The van der Waals surface area contributed by atoms with Crippen LogP contribution in [0.25, 0.3) is 144 Å². The summed E-state index contributed by atoms with van der Waals surface area (Å²) in [5.41, 5.74) is 24.8.